The van der Waals surface area contributed by atoms with Crippen molar-refractivity contribution in [1.29, 1.82) is 0 Å². The topological polar surface area (TPSA) is 66.4 Å². The summed E-state index contributed by atoms with van der Waals surface area (Å²) < 4.78 is 0. The zero-order chi connectivity index (χ0) is 9.02. The van der Waals surface area contributed by atoms with Gasteiger partial charge in [0.1, 0.15) is 0 Å². The van der Waals surface area contributed by atoms with Crippen molar-refractivity contribution in [3.8, 4) is 0 Å². The van der Waals surface area contributed by atoms with Crippen molar-refractivity contribution >= 4 is 11.9 Å². The van der Waals surface area contributed by atoms with E-state index in [0.29, 0.717) is 0 Å². The quantitative estimate of drug-likeness (QED) is 0.567. The monoisotopic (exact) mass is 157 g/mol. The van der Waals surface area contributed by atoms with Crippen LogP contribution in [-0.2, 0) is 9.59 Å². The Hall–Kier alpha value is -1.32. The molecule has 0 radical (unpaired) electrons. The van der Waals surface area contributed by atoms with Crippen LogP contribution in [0.3, 0.4) is 0 Å². The van der Waals surface area contributed by atoms with Crippen molar-refractivity contribution in [2.75, 3.05) is 7.05 Å². The van der Waals surface area contributed by atoms with E-state index in [-0.39, 0.29) is 11.5 Å². The normalized spacial score (nSPS) is 11.8. The van der Waals surface area contributed by atoms with Crippen LogP contribution in [0.15, 0.2) is 12.2 Å². The lowest BCUT2D eigenvalue weighted by Gasteiger charge is -2.08. The van der Waals surface area contributed by atoms with Crippen molar-refractivity contribution in [3.05, 3.63) is 12.2 Å². The molecule has 0 saturated carbocycles. The number of aliphatic carboxylic acids is 1. The van der Waals surface area contributed by atoms with Crippen LogP contribution in [-0.4, -0.2) is 24.0 Å². The first-order valence-corrected chi connectivity index (χ1v) is 3.14. The average molecular weight is 157 g/mol. The van der Waals surface area contributed by atoms with Crippen LogP contribution >= 0.6 is 0 Å². The Morgan fingerprint density at radius 2 is 2.00 bits per heavy atom. The summed E-state index contributed by atoms with van der Waals surface area (Å²) >= 11 is 0. The van der Waals surface area contributed by atoms with Crippen molar-refractivity contribution in [3.63, 3.8) is 0 Å². The Kier molecular flexibility index (Phi) is 3.30. The van der Waals surface area contributed by atoms with E-state index in [1.807, 2.05) is 0 Å². The van der Waals surface area contributed by atoms with Crippen LogP contribution < -0.4 is 5.32 Å². The predicted octanol–water partition coefficient (Wildman–Crippen LogP) is 0.00930. The van der Waals surface area contributed by atoms with Crippen molar-refractivity contribution < 1.29 is 14.7 Å². The second-order valence-electron chi connectivity index (χ2n) is 2.17. The lowest BCUT2D eigenvalue weighted by Crippen LogP contribution is -2.28. The van der Waals surface area contributed by atoms with Crippen LogP contribution in [0.5, 0.6) is 0 Å². The van der Waals surface area contributed by atoms with Crippen LogP contribution in [0.2, 0.25) is 0 Å². The fraction of sp³-hybridized carbons (Fsp3) is 0.429. The summed E-state index contributed by atoms with van der Waals surface area (Å²) in [7, 11) is 1.45. The molecule has 0 aliphatic carbocycles. The van der Waals surface area contributed by atoms with Gasteiger partial charge in [0.05, 0.1) is 5.92 Å². The smallest absolute Gasteiger partial charge is 0.331 e. The molecule has 1 unspecified atom stereocenters. The Morgan fingerprint density at radius 1 is 1.55 bits per heavy atom. The largest absolute Gasteiger partial charge is 0.478 e. The average Bonchev–Trinajstić information content (AvgIpc) is 2.00. The van der Waals surface area contributed by atoms with Gasteiger partial charge in [0, 0.05) is 12.6 Å². The second-order valence-corrected chi connectivity index (χ2v) is 2.17. The second kappa shape index (κ2) is 3.75. The van der Waals surface area contributed by atoms with E-state index in [9.17, 15) is 9.59 Å². The molecule has 4 nitrogen and oxygen atoms in total. The minimum absolute atomic E-state index is 0.0932. The number of hydrogen-bond donors (Lipinski definition) is 2. The Labute approximate surface area is 64.9 Å². The van der Waals surface area contributed by atoms with Gasteiger partial charge in [0.25, 0.3) is 0 Å². The lowest BCUT2D eigenvalue weighted by atomic mass is 10.0. The summed E-state index contributed by atoms with van der Waals surface area (Å²) in [6.07, 6.45) is 0. The van der Waals surface area contributed by atoms with Crippen molar-refractivity contribution in [2.45, 2.75) is 6.92 Å². The molecule has 0 aromatic carbocycles. The summed E-state index contributed by atoms with van der Waals surface area (Å²) in [6.45, 7) is 4.76. The zero-order valence-electron chi connectivity index (χ0n) is 6.55. The molecular formula is C7H11NO3. The number of hydrogen-bond acceptors (Lipinski definition) is 2. The van der Waals surface area contributed by atoms with Crippen LogP contribution in [0.25, 0.3) is 0 Å². The van der Waals surface area contributed by atoms with Gasteiger partial charge in [0.2, 0.25) is 5.91 Å². The fourth-order valence-corrected chi connectivity index (χ4v) is 0.560. The highest BCUT2D eigenvalue weighted by Gasteiger charge is 2.19. The van der Waals surface area contributed by atoms with Gasteiger partial charge >= 0.3 is 5.97 Å². The van der Waals surface area contributed by atoms with Gasteiger partial charge in [-0.25, -0.2) is 4.79 Å². The minimum atomic E-state index is -1.14. The molecule has 0 saturated heterocycles. The molecule has 1 atom stereocenters. The molecule has 0 aliphatic heterocycles. The molecule has 4 heteroatoms. The molecule has 0 heterocycles. The van der Waals surface area contributed by atoms with E-state index in [4.69, 9.17) is 5.11 Å². The van der Waals surface area contributed by atoms with E-state index in [1.165, 1.54) is 14.0 Å². The molecule has 11 heavy (non-hydrogen) atoms. The Morgan fingerprint density at radius 3 is 2.27 bits per heavy atom. The highest BCUT2D eigenvalue weighted by Crippen LogP contribution is 2.07. The molecule has 0 aromatic rings. The third-order valence-electron chi connectivity index (χ3n) is 1.44. The number of nitrogens with one attached hydrogen (secondary N) is 1. The molecule has 1 amide bonds. The van der Waals surface area contributed by atoms with Crippen molar-refractivity contribution in [1.82, 2.24) is 5.32 Å². The Balaban J connectivity index is 4.25. The molecular weight excluding hydrogens is 146 g/mol. The van der Waals surface area contributed by atoms with E-state index in [2.05, 4.69) is 11.9 Å². The molecule has 2 N–H and O–H groups in total. The number of carboxylic acid groups (broad SMARTS) is 1. The van der Waals surface area contributed by atoms with Crippen molar-refractivity contribution in [2.24, 2.45) is 5.92 Å². The zero-order valence-corrected chi connectivity index (χ0v) is 6.55. The fourth-order valence-electron chi connectivity index (χ4n) is 0.560. The molecule has 62 valence electrons. The Bertz CT molecular complexity index is 198. The predicted molar refractivity (Wildman–Crippen MR) is 40.0 cm³/mol. The lowest BCUT2D eigenvalue weighted by molar-refractivity contribution is -0.135. The summed E-state index contributed by atoms with van der Waals surface area (Å²) in [6, 6.07) is 0. The van der Waals surface area contributed by atoms with Gasteiger partial charge < -0.3 is 10.4 Å². The summed E-state index contributed by atoms with van der Waals surface area (Å²) in [5.74, 6) is -2.14. The number of carbonyl (C=O) groups excluding carboxylic acids is 1. The van der Waals surface area contributed by atoms with Crippen LogP contribution in [0, 0.1) is 5.92 Å². The van der Waals surface area contributed by atoms with E-state index < -0.39 is 11.9 Å². The SMILES string of the molecule is C=C(C(=O)O)C(C)C(=O)NC. The van der Waals surface area contributed by atoms with Gasteiger partial charge in [-0.15, -0.1) is 0 Å². The standard InChI is InChI=1S/C7H11NO3/c1-4(6(9)8-3)5(2)7(10)11/h4H,2H2,1,3H3,(H,8,9)(H,10,11). The maximum atomic E-state index is 10.8. The van der Waals surface area contributed by atoms with Gasteiger partial charge in [-0.1, -0.05) is 6.58 Å². The highest BCUT2D eigenvalue weighted by molar-refractivity contribution is 5.95. The number of carboxylic acids is 1. The summed E-state index contributed by atoms with van der Waals surface area (Å²) in [5, 5.41) is 10.8. The number of carbonyl (C=O) groups is 2. The molecule has 0 spiro atoms. The van der Waals surface area contributed by atoms with E-state index >= 15 is 0 Å². The highest BCUT2D eigenvalue weighted by atomic mass is 16.4. The maximum Gasteiger partial charge on any atom is 0.331 e. The number of amides is 1. The van der Waals surface area contributed by atoms with Crippen LogP contribution in [0.4, 0.5) is 0 Å². The summed E-state index contributed by atoms with van der Waals surface area (Å²) in [5.41, 5.74) is -0.0932. The van der Waals surface area contributed by atoms with Gasteiger partial charge in [0.15, 0.2) is 0 Å². The third kappa shape index (κ3) is 2.41. The molecule has 0 aliphatic rings. The first kappa shape index (κ1) is 9.68. The minimum Gasteiger partial charge on any atom is -0.478 e. The van der Waals surface area contributed by atoms with Crippen LogP contribution in [0.1, 0.15) is 6.92 Å². The van der Waals surface area contributed by atoms with Gasteiger partial charge in [-0.2, -0.15) is 0 Å². The maximum absolute atomic E-state index is 10.8. The molecule has 0 aromatic heterocycles. The first-order chi connectivity index (χ1) is 5.00. The van der Waals surface area contributed by atoms with Gasteiger partial charge in [-0.3, -0.25) is 4.79 Å². The molecule has 0 bridgehead atoms. The third-order valence-corrected chi connectivity index (χ3v) is 1.44. The number of rotatable bonds is 3. The molecule has 0 rings (SSSR count). The van der Waals surface area contributed by atoms with Gasteiger partial charge in [-0.05, 0) is 6.92 Å². The van der Waals surface area contributed by atoms with E-state index in [0.717, 1.165) is 0 Å². The first-order valence-electron chi connectivity index (χ1n) is 3.14. The van der Waals surface area contributed by atoms with E-state index in [1.54, 1.807) is 0 Å². The summed E-state index contributed by atoms with van der Waals surface area (Å²) in [4.78, 5) is 21.1. The molecule has 0 fully saturated rings.